The van der Waals surface area contributed by atoms with Gasteiger partial charge >= 0.3 is 0 Å². The average molecular weight is 258 g/mol. The summed E-state index contributed by atoms with van der Waals surface area (Å²) in [6.07, 6.45) is 0. The predicted octanol–water partition coefficient (Wildman–Crippen LogP) is 2.77. The Bertz CT molecular complexity index is 512. The zero-order valence-corrected chi connectivity index (χ0v) is 10.9. The number of ether oxygens (including phenoxy) is 2. The lowest BCUT2D eigenvalue weighted by molar-refractivity contribution is 0.332. The van der Waals surface area contributed by atoms with E-state index >= 15 is 0 Å². The van der Waals surface area contributed by atoms with Crippen molar-refractivity contribution in [3.05, 3.63) is 48.5 Å². The van der Waals surface area contributed by atoms with Gasteiger partial charge < -0.3 is 20.5 Å². The Morgan fingerprint density at radius 3 is 2.37 bits per heavy atom. The van der Waals surface area contributed by atoms with Crippen molar-refractivity contribution in [3.63, 3.8) is 0 Å². The molecule has 0 amide bonds. The molecule has 0 fully saturated rings. The molecular weight excluding hydrogens is 240 g/mol. The van der Waals surface area contributed by atoms with Crippen molar-refractivity contribution in [2.75, 3.05) is 31.3 Å². The summed E-state index contributed by atoms with van der Waals surface area (Å²) >= 11 is 0. The van der Waals surface area contributed by atoms with Crippen LogP contribution in [0.5, 0.6) is 11.5 Å². The number of nitrogens with two attached hydrogens (primary N) is 1. The summed E-state index contributed by atoms with van der Waals surface area (Å²) in [5.41, 5.74) is 7.50. The molecule has 0 unspecified atom stereocenters. The van der Waals surface area contributed by atoms with Gasteiger partial charge in [-0.1, -0.05) is 12.1 Å². The number of hydrogen-bond donors (Lipinski definition) is 2. The van der Waals surface area contributed by atoms with Crippen LogP contribution < -0.4 is 20.5 Å². The van der Waals surface area contributed by atoms with Gasteiger partial charge in [0.1, 0.15) is 18.1 Å². The van der Waals surface area contributed by atoms with Crippen LogP contribution in [0.25, 0.3) is 0 Å². The molecule has 0 spiro atoms. The third-order valence-corrected chi connectivity index (χ3v) is 2.71. The second-order valence-electron chi connectivity index (χ2n) is 4.04. The highest BCUT2D eigenvalue weighted by molar-refractivity contribution is 5.65. The topological polar surface area (TPSA) is 56.5 Å². The maximum absolute atomic E-state index is 5.83. The van der Waals surface area contributed by atoms with Gasteiger partial charge in [0.15, 0.2) is 0 Å². The van der Waals surface area contributed by atoms with Crippen molar-refractivity contribution in [3.8, 4) is 11.5 Å². The molecule has 0 radical (unpaired) electrons. The van der Waals surface area contributed by atoms with Crippen molar-refractivity contribution in [2.45, 2.75) is 0 Å². The lowest BCUT2D eigenvalue weighted by Gasteiger charge is -2.10. The maximum Gasteiger partial charge on any atom is 0.119 e. The molecular formula is C15H18N2O2. The van der Waals surface area contributed by atoms with Crippen molar-refractivity contribution < 1.29 is 9.47 Å². The predicted molar refractivity (Wildman–Crippen MR) is 77.8 cm³/mol. The molecule has 0 aromatic heterocycles. The molecule has 2 aromatic rings. The van der Waals surface area contributed by atoms with E-state index in [2.05, 4.69) is 5.32 Å². The Morgan fingerprint density at radius 2 is 1.68 bits per heavy atom. The first-order valence-electron chi connectivity index (χ1n) is 6.15. The van der Waals surface area contributed by atoms with Crippen LogP contribution in [-0.2, 0) is 0 Å². The number of hydrogen-bond acceptors (Lipinski definition) is 4. The number of benzene rings is 2. The molecule has 0 aliphatic carbocycles. The molecule has 19 heavy (non-hydrogen) atoms. The molecule has 0 saturated carbocycles. The largest absolute Gasteiger partial charge is 0.497 e. The fourth-order valence-corrected chi connectivity index (χ4v) is 1.68. The smallest absolute Gasteiger partial charge is 0.119 e. The minimum absolute atomic E-state index is 0.570. The first-order chi connectivity index (χ1) is 9.29. The van der Waals surface area contributed by atoms with E-state index < -0.39 is 0 Å². The van der Waals surface area contributed by atoms with Gasteiger partial charge in [0.2, 0.25) is 0 Å². The number of rotatable bonds is 6. The minimum Gasteiger partial charge on any atom is -0.497 e. The third kappa shape index (κ3) is 3.81. The SMILES string of the molecule is COc1ccc(OCCNc2ccccc2N)cc1. The zero-order valence-electron chi connectivity index (χ0n) is 10.9. The standard InChI is InChI=1S/C15H18N2O2/c1-18-12-6-8-13(9-7-12)19-11-10-17-15-5-3-2-4-14(15)16/h2-9,17H,10-11,16H2,1H3. The maximum atomic E-state index is 5.83. The van der Waals surface area contributed by atoms with E-state index in [4.69, 9.17) is 15.2 Å². The first-order valence-corrected chi connectivity index (χ1v) is 6.15. The summed E-state index contributed by atoms with van der Waals surface area (Å²) in [4.78, 5) is 0. The highest BCUT2D eigenvalue weighted by Crippen LogP contribution is 2.18. The number of nitrogens with one attached hydrogen (secondary N) is 1. The summed E-state index contributed by atoms with van der Waals surface area (Å²) in [6, 6.07) is 15.2. The second kappa shape index (κ2) is 6.54. The molecule has 100 valence electrons. The van der Waals surface area contributed by atoms with E-state index in [0.717, 1.165) is 22.9 Å². The normalized spacial score (nSPS) is 9.95. The van der Waals surface area contributed by atoms with Crippen molar-refractivity contribution >= 4 is 11.4 Å². The van der Waals surface area contributed by atoms with E-state index in [1.54, 1.807) is 7.11 Å². The molecule has 0 heterocycles. The minimum atomic E-state index is 0.570. The highest BCUT2D eigenvalue weighted by Gasteiger charge is 1.97. The number of para-hydroxylation sites is 2. The van der Waals surface area contributed by atoms with Crippen LogP contribution >= 0.6 is 0 Å². The molecule has 0 aliphatic heterocycles. The first kappa shape index (κ1) is 13.1. The molecule has 0 bridgehead atoms. The van der Waals surface area contributed by atoms with Crippen LogP contribution in [0.4, 0.5) is 11.4 Å². The van der Waals surface area contributed by atoms with E-state index in [1.807, 2.05) is 48.5 Å². The summed E-state index contributed by atoms with van der Waals surface area (Å²) in [6.45, 7) is 1.26. The van der Waals surface area contributed by atoms with Gasteiger partial charge in [-0.15, -0.1) is 0 Å². The molecule has 4 nitrogen and oxygen atoms in total. The molecule has 3 N–H and O–H groups in total. The lowest BCUT2D eigenvalue weighted by atomic mass is 10.3. The fraction of sp³-hybridized carbons (Fsp3) is 0.200. The Morgan fingerprint density at radius 1 is 1.00 bits per heavy atom. The van der Waals surface area contributed by atoms with Gasteiger partial charge in [0, 0.05) is 6.54 Å². The van der Waals surface area contributed by atoms with Gasteiger partial charge in [0.25, 0.3) is 0 Å². The average Bonchev–Trinajstić information content (AvgIpc) is 2.46. The summed E-state index contributed by atoms with van der Waals surface area (Å²) in [7, 11) is 1.64. The number of nitrogen functional groups attached to an aromatic ring is 1. The van der Waals surface area contributed by atoms with Crippen LogP contribution in [-0.4, -0.2) is 20.3 Å². The fourth-order valence-electron chi connectivity index (χ4n) is 1.68. The number of methoxy groups -OCH3 is 1. The van der Waals surface area contributed by atoms with E-state index in [1.165, 1.54) is 0 Å². The molecule has 0 saturated heterocycles. The number of anilines is 2. The second-order valence-corrected chi connectivity index (χ2v) is 4.04. The molecule has 2 aromatic carbocycles. The van der Waals surface area contributed by atoms with Crippen LogP contribution in [0.3, 0.4) is 0 Å². The molecule has 2 rings (SSSR count). The Kier molecular flexibility index (Phi) is 4.50. The Labute approximate surface area is 113 Å². The van der Waals surface area contributed by atoms with Gasteiger partial charge in [-0.3, -0.25) is 0 Å². The summed E-state index contributed by atoms with van der Waals surface area (Å²) < 4.78 is 10.7. The lowest BCUT2D eigenvalue weighted by Crippen LogP contribution is -2.12. The molecule has 0 aliphatic rings. The summed E-state index contributed by atoms with van der Waals surface area (Å²) in [5, 5.41) is 3.23. The van der Waals surface area contributed by atoms with Crippen LogP contribution in [0.2, 0.25) is 0 Å². The Hall–Kier alpha value is -2.36. The van der Waals surface area contributed by atoms with Gasteiger partial charge in [-0.25, -0.2) is 0 Å². The van der Waals surface area contributed by atoms with E-state index in [-0.39, 0.29) is 0 Å². The van der Waals surface area contributed by atoms with Crippen LogP contribution in [0, 0.1) is 0 Å². The molecule has 0 atom stereocenters. The van der Waals surface area contributed by atoms with Crippen molar-refractivity contribution in [1.29, 1.82) is 0 Å². The monoisotopic (exact) mass is 258 g/mol. The van der Waals surface area contributed by atoms with Gasteiger partial charge in [0.05, 0.1) is 18.5 Å². The van der Waals surface area contributed by atoms with Crippen LogP contribution in [0.1, 0.15) is 0 Å². The third-order valence-electron chi connectivity index (χ3n) is 2.71. The van der Waals surface area contributed by atoms with E-state index in [9.17, 15) is 0 Å². The quantitative estimate of drug-likeness (QED) is 0.618. The molecule has 4 heteroatoms. The van der Waals surface area contributed by atoms with Crippen LogP contribution in [0.15, 0.2) is 48.5 Å². The Balaban J connectivity index is 1.76. The zero-order chi connectivity index (χ0) is 13.5. The van der Waals surface area contributed by atoms with Crippen molar-refractivity contribution in [2.24, 2.45) is 0 Å². The summed E-state index contributed by atoms with van der Waals surface area (Å²) in [5.74, 6) is 1.64. The van der Waals surface area contributed by atoms with Crippen molar-refractivity contribution in [1.82, 2.24) is 0 Å². The van der Waals surface area contributed by atoms with Gasteiger partial charge in [-0.2, -0.15) is 0 Å². The van der Waals surface area contributed by atoms with Gasteiger partial charge in [-0.05, 0) is 36.4 Å². The van der Waals surface area contributed by atoms with E-state index in [0.29, 0.717) is 13.2 Å². The highest BCUT2D eigenvalue weighted by atomic mass is 16.5.